The molecule has 0 radical (unpaired) electrons. The standard InChI is InChI=1S/C14H19NO2/c1-9-5-6-11(8-10(9)2)13-12(14(16)17)4-3-7-15-13/h5-6,8,12-13,15H,3-4,7H2,1-2H3,(H,16,17)/t12-,13+/m0/s1. The van der Waals surface area contributed by atoms with Crippen molar-refractivity contribution in [3.8, 4) is 0 Å². The van der Waals surface area contributed by atoms with E-state index in [2.05, 4.69) is 31.3 Å². The SMILES string of the molecule is Cc1ccc([C@H]2NCCC[C@@H]2C(=O)O)cc1C. The molecule has 2 N–H and O–H groups in total. The van der Waals surface area contributed by atoms with Crippen LogP contribution in [0.1, 0.15) is 35.6 Å². The Balaban J connectivity index is 2.29. The molecule has 3 heteroatoms. The van der Waals surface area contributed by atoms with Gasteiger partial charge < -0.3 is 10.4 Å². The van der Waals surface area contributed by atoms with E-state index >= 15 is 0 Å². The van der Waals surface area contributed by atoms with E-state index in [9.17, 15) is 9.90 Å². The van der Waals surface area contributed by atoms with Gasteiger partial charge in [-0.15, -0.1) is 0 Å². The average Bonchev–Trinajstić information content (AvgIpc) is 2.32. The van der Waals surface area contributed by atoms with Crippen LogP contribution in [0.25, 0.3) is 0 Å². The van der Waals surface area contributed by atoms with E-state index in [0.717, 1.165) is 24.9 Å². The highest BCUT2D eigenvalue weighted by molar-refractivity contribution is 5.71. The Morgan fingerprint density at radius 3 is 2.76 bits per heavy atom. The second kappa shape index (κ2) is 4.88. The van der Waals surface area contributed by atoms with Crippen molar-refractivity contribution < 1.29 is 9.90 Å². The molecule has 1 saturated heterocycles. The summed E-state index contributed by atoms with van der Waals surface area (Å²) in [6.07, 6.45) is 1.71. The number of hydrogen-bond donors (Lipinski definition) is 2. The van der Waals surface area contributed by atoms with E-state index < -0.39 is 5.97 Å². The minimum Gasteiger partial charge on any atom is -0.481 e. The van der Waals surface area contributed by atoms with Gasteiger partial charge in [-0.05, 0) is 49.9 Å². The minimum atomic E-state index is -0.694. The lowest BCUT2D eigenvalue weighted by Crippen LogP contribution is -2.38. The summed E-state index contributed by atoms with van der Waals surface area (Å²) >= 11 is 0. The molecule has 0 bridgehead atoms. The van der Waals surface area contributed by atoms with Crippen molar-refractivity contribution in [2.45, 2.75) is 32.7 Å². The third-order valence-corrected chi connectivity index (χ3v) is 3.67. The fourth-order valence-corrected chi connectivity index (χ4v) is 2.46. The number of aliphatic carboxylic acids is 1. The zero-order valence-electron chi connectivity index (χ0n) is 10.4. The summed E-state index contributed by atoms with van der Waals surface area (Å²) in [7, 11) is 0. The summed E-state index contributed by atoms with van der Waals surface area (Å²) in [6, 6.07) is 6.18. The van der Waals surface area contributed by atoms with Gasteiger partial charge in [-0.2, -0.15) is 0 Å². The molecule has 92 valence electrons. The Hall–Kier alpha value is -1.35. The molecule has 1 aromatic carbocycles. The van der Waals surface area contributed by atoms with Crippen LogP contribution in [0.3, 0.4) is 0 Å². The number of benzene rings is 1. The van der Waals surface area contributed by atoms with E-state index in [4.69, 9.17) is 0 Å². The average molecular weight is 233 g/mol. The van der Waals surface area contributed by atoms with Crippen LogP contribution in [0.4, 0.5) is 0 Å². The molecule has 1 aliphatic rings. The molecule has 0 spiro atoms. The van der Waals surface area contributed by atoms with Gasteiger partial charge in [0.1, 0.15) is 0 Å². The Morgan fingerprint density at radius 1 is 1.35 bits per heavy atom. The van der Waals surface area contributed by atoms with Crippen LogP contribution in [-0.2, 0) is 4.79 Å². The second-order valence-electron chi connectivity index (χ2n) is 4.86. The van der Waals surface area contributed by atoms with E-state index in [1.807, 2.05) is 6.07 Å². The van der Waals surface area contributed by atoms with Gasteiger partial charge in [0.25, 0.3) is 0 Å². The van der Waals surface area contributed by atoms with Crippen molar-refractivity contribution in [2.24, 2.45) is 5.92 Å². The Kier molecular flexibility index (Phi) is 3.48. The maximum absolute atomic E-state index is 11.2. The Labute approximate surface area is 102 Å². The van der Waals surface area contributed by atoms with Gasteiger partial charge in [-0.25, -0.2) is 0 Å². The van der Waals surface area contributed by atoms with Gasteiger partial charge in [-0.1, -0.05) is 18.2 Å². The van der Waals surface area contributed by atoms with Crippen LogP contribution < -0.4 is 5.32 Å². The Bertz CT molecular complexity index is 428. The molecule has 1 aliphatic heterocycles. The lowest BCUT2D eigenvalue weighted by atomic mass is 9.85. The largest absolute Gasteiger partial charge is 0.481 e. The van der Waals surface area contributed by atoms with Gasteiger partial charge in [0.05, 0.1) is 5.92 Å². The van der Waals surface area contributed by atoms with Crippen LogP contribution >= 0.6 is 0 Å². The summed E-state index contributed by atoms with van der Waals surface area (Å²) in [5.41, 5.74) is 3.57. The lowest BCUT2D eigenvalue weighted by Gasteiger charge is -2.30. The smallest absolute Gasteiger partial charge is 0.308 e. The first kappa shape index (κ1) is 12.1. The van der Waals surface area contributed by atoms with Crippen molar-refractivity contribution in [1.29, 1.82) is 0 Å². The number of rotatable bonds is 2. The molecular weight excluding hydrogens is 214 g/mol. The molecule has 17 heavy (non-hydrogen) atoms. The van der Waals surface area contributed by atoms with E-state index in [1.165, 1.54) is 11.1 Å². The molecule has 0 amide bonds. The zero-order valence-corrected chi connectivity index (χ0v) is 10.4. The van der Waals surface area contributed by atoms with Crippen molar-refractivity contribution >= 4 is 5.97 Å². The molecule has 2 atom stereocenters. The Morgan fingerprint density at radius 2 is 2.12 bits per heavy atom. The molecule has 0 aromatic heterocycles. The minimum absolute atomic E-state index is 0.0412. The number of aryl methyl sites for hydroxylation is 2. The highest BCUT2D eigenvalue weighted by atomic mass is 16.4. The first-order valence-electron chi connectivity index (χ1n) is 6.13. The summed E-state index contributed by atoms with van der Waals surface area (Å²) in [5, 5.41) is 12.6. The number of nitrogens with one attached hydrogen (secondary N) is 1. The second-order valence-corrected chi connectivity index (χ2v) is 4.86. The van der Waals surface area contributed by atoms with E-state index in [1.54, 1.807) is 0 Å². The summed E-state index contributed by atoms with van der Waals surface area (Å²) in [5.74, 6) is -0.994. The van der Waals surface area contributed by atoms with E-state index in [0.29, 0.717) is 0 Å². The van der Waals surface area contributed by atoms with Crippen molar-refractivity contribution in [3.05, 3.63) is 34.9 Å². The summed E-state index contributed by atoms with van der Waals surface area (Å²) in [6.45, 7) is 5.04. The quantitative estimate of drug-likeness (QED) is 0.824. The maximum Gasteiger partial charge on any atom is 0.308 e. The fourth-order valence-electron chi connectivity index (χ4n) is 2.46. The predicted octanol–water partition coefficient (Wildman–Crippen LogP) is 2.43. The molecule has 2 rings (SSSR count). The first-order chi connectivity index (χ1) is 8.09. The summed E-state index contributed by atoms with van der Waals surface area (Å²) < 4.78 is 0. The van der Waals surface area contributed by atoms with Gasteiger partial charge in [0.2, 0.25) is 0 Å². The molecule has 1 aromatic rings. The van der Waals surface area contributed by atoms with Crippen molar-refractivity contribution in [2.75, 3.05) is 6.54 Å². The normalized spacial score (nSPS) is 24.6. The molecular formula is C14H19NO2. The third-order valence-electron chi connectivity index (χ3n) is 3.67. The number of hydrogen-bond acceptors (Lipinski definition) is 2. The number of piperidine rings is 1. The topological polar surface area (TPSA) is 49.3 Å². The van der Waals surface area contributed by atoms with E-state index in [-0.39, 0.29) is 12.0 Å². The van der Waals surface area contributed by atoms with Gasteiger partial charge in [0.15, 0.2) is 0 Å². The molecule has 1 fully saturated rings. The predicted molar refractivity (Wildman–Crippen MR) is 67.0 cm³/mol. The maximum atomic E-state index is 11.2. The summed E-state index contributed by atoms with van der Waals surface area (Å²) in [4.78, 5) is 11.2. The molecule has 1 heterocycles. The number of carbonyl (C=O) groups is 1. The van der Waals surface area contributed by atoms with Crippen LogP contribution in [0.5, 0.6) is 0 Å². The molecule has 3 nitrogen and oxygen atoms in total. The fraction of sp³-hybridized carbons (Fsp3) is 0.500. The first-order valence-corrected chi connectivity index (χ1v) is 6.13. The molecule has 0 aliphatic carbocycles. The van der Waals surface area contributed by atoms with Crippen LogP contribution in [0, 0.1) is 19.8 Å². The van der Waals surface area contributed by atoms with Crippen LogP contribution in [-0.4, -0.2) is 17.6 Å². The monoisotopic (exact) mass is 233 g/mol. The highest BCUT2D eigenvalue weighted by Crippen LogP contribution is 2.30. The number of carboxylic acids is 1. The van der Waals surface area contributed by atoms with Crippen molar-refractivity contribution in [1.82, 2.24) is 5.32 Å². The van der Waals surface area contributed by atoms with Gasteiger partial charge in [-0.3, -0.25) is 4.79 Å². The lowest BCUT2D eigenvalue weighted by molar-refractivity contribution is -0.143. The third kappa shape index (κ3) is 2.50. The van der Waals surface area contributed by atoms with Crippen LogP contribution in [0.15, 0.2) is 18.2 Å². The van der Waals surface area contributed by atoms with Gasteiger partial charge in [0, 0.05) is 6.04 Å². The highest BCUT2D eigenvalue weighted by Gasteiger charge is 2.31. The molecule has 0 unspecified atom stereocenters. The molecule has 0 saturated carbocycles. The zero-order chi connectivity index (χ0) is 12.4. The number of carboxylic acid groups (broad SMARTS) is 1. The van der Waals surface area contributed by atoms with Crippen molar-refractivity contribution in [3.63, 3.8) is 0 Å². The van der Waals surface area contributed by atoms with Crippen LogP contribution in [0.2, 0.25) is 0 Å². The van der Waals surface area contributed by atoms with Gasteiger partial charge >= 0.3 is 5.97 Å².